The van der Waals surface area contributed by atoms with Crippen molar-refractivity contribution in [2.75, 3.05) is 19.6 Å². The molecule has 1 saturated heterocycles. The van der Waals surface area contributed by atoms with Crippen molar-refractivity contribution in [2.24, 2.45) is 0 Å². The monoisotopic (exact) mass is 225 g/mol. The van der Waals surface area contributed by atoms with Crippen molar-refractivity contribution < 1.29 is 0 Å². The quantitative estimate of drug-likeness (QED) is 0.813. The third-order valence-corrected chi connectivity index (χ3v) is 3.67. The van der Waals surface area contributed by atoms with Crippen LogP contribution in [0.2, 0.25) is 0 Å². The molecule has 4 heteroatoms. The Hall–Kier alpha value is -0.450. The molecule has 2 N–H and O–H groups in total. The van der Waals surface area contributed by atoms with Crippen molar-refractivity contribution in [3.05, 3.63) is 16.6 Å². The highest BCUT2D eigenvalue weighted by molar-refractivity contribution is 7.09. The second-order valence-electron chi connectivity index (χ2n) is 4.01. The Morgan fingerprint density at radius 2 is 2.47 bits per heavy atom. The maximum atomic E-state index is 4.28. The van der Waals surface area contributed by atoms with Crippen molar-refractivity contribution in [2.45, 2.75) is 31.7 Å². The second kappa shape index (κ2) is 6.20. The molecule has 2 rings (SSSR count). The molecule has 84 valence electrons. The Kier molecular flexibility index (Phi) is 4.57. The zero-order valence-electron chi connectivity index (χ0n) is 9.04. The van der Waals surface area contributed by atoms with E-state index in [-0.39, 0.29) is 0 Å². The van der Waals surface area contributed by atoms with Gasteiger partial charge >= 0.3 is 0 Å². The normalized spacial score (nSPS) is 22.5. The highest BCUT2D eigenvalue weighted by Crippen LogP contribution is 2.06. The minimum Gasteiger partial charge on any atom is -0.317 e. The van der Waals surface area contributed by atoms with Gasteiger partial charge in [0.2, 0.25) is 0 Å². The summed E-state index contributed by atoms with van der Waals surface area (Å²) in [7, 11) is 0. The Balaban J connectivity index is 1.64. The van der Waals surface area contributed by atoms with Crippen molar-refractivity contribution in [3.63, 3.8) is 0 Å². The van der Waals surface area contributed by atoms with E-state index in [1.165, 1.54) is 30.8 Å². The molecule has 3 nitrogen and oxygen atoms in total. The molecule has 1 aliphatic heterocycles. The lowest BCUT2D eigenvalue weighted by Crippen LogP contribution is -2.31. The summed E-state index contributed by atoms with van der Waals surface area (Å²) < 4.78 is 0. The minimum absolute atomic E-state index is 0.708. The number of nitrogens with zero attached hydrogens (tertiary/aromatic N) is 1. The molecule has 15 heavy (non-hydrogen) atoms. The highest BCUT2D eigenvalue weighted by atomic mass is 32.1. The number of hydrogen-bond acceptors (Lipinski definition) is 4. The average Bonchev–Trinajstić information content (AvgIpc) is 2.62. The lowest BCUT2D eigenvalue weighted by atomic mass is 10.1. The molecule has 0 saturated carbocycles. The molecule has 1 aromatic heterocycles. The topological polar surface area (TPSA) is 37.0 Å². The van der Waals surface area contributed by atoms with Crippen LogP contribution in [0.15, 0.2) is 11.6 Å². The van der Waals surface area contributed by atoms with Crippen LogP contribution in [-0.2, 0) is 6.42 Å². The molecule has 1 fully saturated rings. The van der Waals surface area contributed by atoms with E-state index in [0.717, 1.165) is 19.5 Å². The first-order valence-corrected chi connectivity index (χ1v) is 6.65. The summed E-state index contributed by atoms with van der Waals surface area (Å²) in [6.45, 7) is 3.41. The molecule has 0 aliphatic carbocycles. The van der Waals surface area contributed by atoms with Gasteiger partial charge in [-0.1, -0.05) is 0 Å². The zero-order valence-corrected chi connectivity index (χ0v) is 9.85. The zero-order chi connectivity index (χ0) is 10.3. The van der Waals surface area contributed by atoms with Crippen molar-refractivity contribution in [1.82, 2.24) is 15.6 Å². The van der Waals surface area contributed by atoms with Gasteiger partial charge in [0, 0.05) is 30.6 Å². The number of nitrogens with one attached hydrogen (secondary N) is 2. The largest absolute Gasteiger partial charge is 0.317 e. The number of hydrogen-bond donors (Lipinski definition) is 2. The molecular formula is C11H19N3S. The summed E-state index contributed by atoms with van der Waals surface area (Å²) in [6, 6.07) is 0.708. The van der Waals surface area contributed by atoms with E-state index < -0.39 is 0 Å². The van der Waals surface area contributed by atoms with Crippen LogP contribution in [-0.4, -0.2) is 30.7 Å². The van der Waals surface area contributed by atoms with E-state index in [0.29, 0.717) is 6.04 Å². The lowest BCUT2D eigenvalue weighted by molar-refractivity contribution is 0.472. The summed E-state index contributed by atoms with van der Waals surface area (Å²) in [5.41, 5.74) is 0. The van der Waals surface area contributed by atoms with Crippen LogP contribution in [0.25, 0.3) is 0 Å². The fourth-order valence-electron chi connectivity index (χ4n) is 1.98. The van der Waals surface area contributed by atoms with E-state index in [2.05, 4.69) is 15.6 Å². The number of aromatic nitrogens is 1. The first-order chi connectivity index (χ1) is 7.45. The molecular weight excluding hydrogens is 206 g/mol. The van der Waals surface area contributed by atoms with Crippen molar-refractivity contribution >= 4 is 11.3 Å². The maximum Gasteiger partial charge on any atom is 0.0937 e. The van der Waals surface area contributed by atoms with Gasteiger partial charge in [-0.15, -0.1) is 11.3 Å². The first-order valence-electron chi connectivity index (χ1n) is 5.77. The van der Waals surface area contributed by atoms with Gasteiger partial charge in [0.1, 0.15) is 0 Å². The van der Waals surface area contributed by atoms with Crippen LogP contribution in [0.5, 0.6) is 0 Å². The summed E-state index contributed by atoms with van der Waals surface area (Å²) in [5.74, 6) is 0. The maximum absolute atomic E-state index is 4.28. The predicted octanol–water partition coefficient (Wildman–Crippen LogP) is 1.42. The van der Waals surface area contributed by atoms with E-state index in [9.17, 15) is 0 Å². The van der Waals surface area contributed by atoms with Crippen molar-refractivity contribution in [1.29, 1.82) is 0 Å². The predicted molar refractivity (Wildman–Crippen MR) is 64.3 cm³/mol. The highest BCUT2D eigenvalue weighted by Gasteiger charge is 2.10. The molecule has 0 bridgehead atoms. The Bertz CT molecular complexity index is 253. The second-order valence-corrected chi connectivity index (χ2v) is 4.99. The molecule has 0 aromatic carbocycles. The number of rotatable bonds is 4. The van der Waals surface area contributed by atoms with Crippen LogP contribution in [0, 0.1) is 0 Å². The van der Waals surface area contributed by atoms with Crippen LogP contribution in [0.1, 0.15) is 24.3 Å². The summed E-state index contributed by atoms with van der Waals surface area (Å²) >= 11 is 1.75. The fraction of sp³-hybridized carbons (Fsp3) is 0.727. The van der Waals surface area contributed by atoms with Gasteiger partial charge in [-0.3, -0.25) is 0 Å². The molecule has 1 aliphatic rings. The molecule has 1 atom stereocenters. The van der Waals surface area contributed by atoms with Gasteiger partial charge in [-0.05, 0) is 32.4 Å². The van der Waals surface area contributed by atoms with E-state index >= 15 is 0 Å². The minimum atomic E-state index is 0.708. The standard InChI is InChI=1S/C11H19N3S/c1-2-10(3-6-12-5-1)13-7-4-11-14-8-9-15-11/h8-10,12-13H,1-7H2. The van der Waals surface area contributed by atoms with Gasteiger partial charge in [0.15, 0.2) is 0 Å². The Labute approximate surface area is 95.3 Å². The van der Waals surface area contributed by atoms with Gasteiger partial charge in [0.05, 0.1) is 5.01 Å². The smallest absolute Gasteiger partial charge is 0.0937 e. The Morgan fingerprint density at radius 3 is 3.33 bits per heavy atom. The first kappa shape index (κ1) is 11.0. The summed E-state index contributed by atoms with van der Waals surface area (Å²) in [4.78, 5) is 4.28. The van der Waals surface area contributed by atoms with Gasteiger partial charge in [0.25, 0.3) is 0 Å². The van der Waals surface area contributed by atoms with Crippen LogP contribution >= 0.6 is 11.3 Å². The van der Waals surface area contributed by atoms with E-state index in [4.69, 9.17) is 0 Å². The van der Waals surface area contributed by atoms with E-state index in [1.807, 2.05) is 11.6 Å². The van der Waals surface area contributed by atoms with E-state index in [1.54, 1.807) is 11.3 Å². The summed E-state index contributed by atoms with van der Waals surface area (Å²) in [6.07, 6.45) is 6.83. The summed E-state index contributed by atoms with van der Waals surface area (Å²) in [5, 5.41) is 10.3. The van der Waals surface area contributed by atoms with Crippen LogP contribution in [0.3, 0.4) is 0 Å². The molecule has 1 aromatic rings. The SMILES string of the molecule is c1csc(CCNC2CCCNCC2)n1. The third-order valence-electron chi connectivity index (χ3n) is 2.83. The van der Waals surface area contributed by atoms with Gasteiger partial charge < -0.3 is 10.6 Å². The molecule has 0 amide bonds. The molecule has 0 radical (unpaired) electrons. The number of thiazole rings is 1. The molecule has 1 unspecified atom stereocenters. The molecule has 0 spiro atoms. The van der Waals surface area contributed by atoms with Crippen molar-refractivity contribution in [3.8, 4) is 0 Å². The van der Waals surface area contributed by atoms with Gasteiger partial charge in [-0.25, -0.2) is 4.98 Å². The fourth-order valence-corrected chi connectivity index (χ4v) is 2.60. The third kappa shape index (κ3) is 3.89. The van der Waals surface area contributed by atoms with Crippen LogP contribution < -0.4 is 10.6 Å². The van der Waals surface area contributed by atoms with Crippen LogP contribution in [0.4, 0.5) is 0 Å². The average molecular weight is 225 g/mol. The Morgan fingerprint density at radius 1 is 1.47 bits per heavy atom. The van der Waals surface area contributed by atoms with Gasteiger partial charge in [-0.2, -0.15) is 0 Å². The molecule has 2 heterocycles. The lowest BCUT2D eigenvalue weighted by Gasteiger charge is -2.14.